The molecule has 2 atom stereocenters. The number of hydrogen-bond acceptors (Lipinski definition) is 5. The summed E-state index contributed by atoms with van der Waals surface area (Å²) in [5, 5.41) is 3.74. The van der Waals surface area contributed by atoms with Crippen LogP contribution in [0.2, 0.25) is 0 Å². The third kappa shape index (κ3) is 3.84. The SMILES string of the molecule is Cc1noc(C)c1S(=O)(=O)NC1CCCCC1CN(C)C. The van der Waals surface area contributed by atoms with Gasteiger partial charge in [-0.3, -0.25) is 0 Å². The average Bonchev–Trinajstić information content (AvgIpc) is 2.71. The monoisotopic (exact) mass is 315 g/mol. The van der Waals surface area contributed by atoms with E-state index in [0.717, 1.165) is 25.8 Å². The Bertz CT molecular complexity index is 561. The maximum absolute atomic E-state index is 12.6. The lowest BCUT2D eigenvalue weighted by Crippen LogP contribution is -2.45. The molecule has 1 aliphatic carbocycles. The van der Waals surface area contributed by atoms with Gasteiger partial charge in [-0.05, 0) is 46.7 Å². The zero-order chi connectivity index (χ0) is 15.6. The second-order valence-electron chi connectivity index (χ2n) is 6.19. The number of sulfonamides is 1. The predicted octanol–water partition coefficient (Wildman–Crippen LogP) is 1.69. The van der Waals surface area contributed by atoms with Gasteiger partial charge in [0.2, 0.25) is 10.0 Å². The van der Waals surface area contributed by atoms with Crippen molar-refractivity contribution in [2.45, 2.75) is 50.5 Å². The first-order valence-electron chi connectivity index (χ1n) is 7.41. The number of aryl methyl sites for hydroxylation is 2. The maximum Gasteiger partial charge on any atom is 0.246 e. The molecule has 7 heteroatoms. The van der Waals surface area contributed by atoms with Gasteiger partial charge in [0.1, 0.15) is 10.6 Å². The van der Waals surface area contributed by atoms with Crippen LogP contribution in [0, 0.1) is 19.8 Å². The molecule has 0 radical (unpaired) electrons. The van der Waals surface area contributed by atoms with Gasteiger partial charge in [0.15, 0.2) is 5.76 Å². The first-order valence-corrected chi connectivity index (χ1v) is 8.89. The molecule has 0 aromatic carbocycles. The van der Waals surface area contributed by atoms with Gasteiger partial charge in [0.05, 0.1) is 0 Å². The molecular weight excluding hydrogens is 290 g/mol. The van der Waals surface area contributed by atoms with Crippen molar-refractivity contribution in [1.82, 2.24) is 14.8 Å². The molecule has 2 rings (SSSR count). The first-order chi connectivity index (χ1) is 9.81. The summed E-state index contributed by atoms with van der Waals surface area (Å²) in [6.45, 7) is 4.19. The second kappa shape index (κ2) is 6.46. The van der Waals surface area contributed by atoms with Gasteiger partial charge >= 0.3 is 0 Å². The minimum atomic E-state index is -3.57. The summed E-state index contributed by atoms with van der Waals surface area (Å²) in [4.78, 5) is 2.31. The van der Waals surface area contributed by atoms with Crippen molar-refractivity contribution in [3.63, 3.8) is 0 Å². The molecule has 1 N–H and O–H groups in total. The third-order valence-corrected chi connectivity index (χ3v) is 5.79. The van der Waals surface area contributed by atoms with E-state index < -0.39 is 10.0 Å². The summed E-state index contributed by atoms with van der Waals surface area (Å²) in [6, 6.07) is -0.0140. The highest BCUT2D eigenvalue weighted by Gasteiger charge is 2.32. The van der Waals surface area contributed by atoms with Crippen LogP contribution in [-0.4, -0.2) is 45.2 Å². The molecule has 2 unspecified atom stereocenters. The Balaban J connectivity index is 2.18. The molecule has 6 nitrogen and oxygen atoms in total. The van der Waals surface area contributed by atoms with Crippen molar-refractivity contribution in [3.8, 4) is 0 Å². The van der Waals surface area contributed by atoms with Crippen LogP contribution < -0.4 is 4.72 Å². The standard InChI is InChI=1S/C14H25N3O3S/c1-10-14(11(2)20-15-10)21(18,19)16-13-8-6-5-7-12(13)9-17(3)4/h12-13,16H,5-9H2,1-4H3. The highest BCUT2D eigenvalue weighted by Crippen LogP contribution is 2.27. The van der Waals surface area contributed by atoms with Gasteiger partial charge in [-0.2, -0.15) is 0 Å². The molecule has 21 heavy (non-hydrogen) atoms. The lowest BCUT2D eigenvalue weighted by Gasteiger charge is -2.33. The van der Waals surface area contributed by atoms with Crippen molar-refractivity contribution in [3.05, 3.63) is 11.5 Å². The van der Waals surface area contributed by atoms with Gasteiger partial charge in [-0.25, -0.2) is 13.1 Å². The number of nitrogens with zero attached hydrogens (tertiary/aromatic N) is 2. The summed E-state index contributed by atoms with van der Waals surface area (Å²) in [6.07, 6.45) is 4.19. The van der Waals surface area contributed by atoms with Crippen molar-refractivity contribution >= 4 is 10.0 Å². The molecular formula is C14H25N3O3S. The summed E-state index contributed by atoms with van der Waals surface area (Å²) >= 11 is 0. The highest BCUT2D eigenvalue weighted by molar-refractivity contribution is 7.89. The van der Waals surface area contributed by atoms with Crippen LogP contribution in [0.15, 0.2) is 9.42 Å². The van der Waals surface area contributed by atoms with Crippen LogP contribution >= 0.6 is 0 Å². The Morgan fingerprint density at radius 1 is 1.29 bits per heavy atom. The van der Waals surface area contributed by atoms with Gasteiger partial charge in [0, 0.05) is 12.6 Å². The Hall–Kier alpha value is -0.920. The van der Waals surface area contributed by atoms with E-state index in [0.29, 0.717) is 17.4 Å². The fraction of sp³-hybridized carbons (Fsp3) is 0.786. The Morgan fingerprint density at radius 2 is 1.95 bits per heavy atom. The topological polar surface area (TPSA) is 75.4 Å². The number of aromatic nitrogens is 1. The van der Waals surface area contributed by atoms with E-state index in [1.54, 1.807) is 13.8 Å². The molecule has 0 bridgehead atoms. The third-order valence-electron chi connectivity index (χ3n) is 4.05. The predicted molar refractivity (Wildman–Crippen MR) is 80.6 cm³/mol. The Morgan fingerprint density at radius 3 is 2.52 bits per heavy atom. The molecule has 120 valence electrons. The summed E-state index contributed by atoms with van der Waals surface area (Å²) in [5.74, 6) is 0.698. The second-order valence-corrected chi connectivity index (χ2v) is 7.84. The minimum Gasteiger partial charge on any atom is -0.360 e. The lowest BCUT2D eigenvalue weighted by molar-refractivity contribution is 0.224. The van der Waals surface area contributed by atoms with Crippen molar-refractivity contribution < 1.29 is 12.9 Å². The van der Waals surface area contributed by atoms with Crippen LogP contribution in [-0.2, 0) is 10.0 Å². The average molecular weight is 315 g/mol. The fourth-order valence-corrected chi connectivity index (χ4v) is 4.84. The molecule has 1 saturated carbocycles. The van der Waals surface area contributed by atoms with E-state index in [1.165, 1.54) is 6.42 Å². The number of hydrogen-bond donors (Lipinski definition) is 1. The van der Waals surface area contributed by atoms with Crippen LogP contribution in [0.4, 0.5) is 0 Å². The number of nitrogens with one attached hydrogen (secondary N) is 1. The smallest absolute Gasteiger partial charge is 0.246 e. The highest BCUT2D eigenvalue weighted by atomic mass is 32.2. The molecule has 0 amide bonds. The van der Waals surface area contributed by atoms with Crippen LogP contribution in [0.5, 0.6) is 0 Å². The largest absolute Gasteiger partial charge is 0.360 e. The first kappa shape index (κ1) is 16.5. The van der Waals surface area contributed by atoms with Crippen LogP contribution in [0.3, 0.4) is 0 Å². The Labute approximate surface area is 126 Å². The zero-order valence-corrected chi connectivity index (χ0v) is 14.0. The van der Waals surface area contributed by atoms with E-state index in [9.17, 15) is 8.42 Å². The van der Waals surface area contributed by atoms with Crippen molar-refractivity contribution in [2.24, 2.45) is 5.92 Å². The zero-order valence-electron chi connectivity index (χ0n) is 13.2. The molecule has 1 aromatic heterocycles. The summed E-state index contributed by atoms with van der Waals surface area (Å²) in [7, 11) is 0.473. The van der Waals surface area contributed by atoms with Gasteiger partial charge < -0.3 is 9.42 Å². The van der Waals surface area contributed by atoms with E-state index in [4.69, 9.17) is 4.52 Å². The molecule has 1 aliphatic rings. The fourth-order valence-electron chi connectivity index (χ4n) is 3.17. The maximum atomic E-state index is 12.6. The molecule has 1 fully saturated rings. The molecule has 0 saturated heterocycles. The molecule has 1 aromatic rings. The summed E-state index contributed by atoms with van der Waals surface area (Å²) in [5.41, 5.74) is 0.417. The van der Waals surface area contributed by atoms with Crippen LogP contribution in [0.1, 0.15) is 37.1 Å². The number of rotatable bonds is 5. The molecule has 1 heterocycles. The van der Waals surface area contributed by atoms with Gasteiger partial charge in [-0.1, -0.05) is 18.0 Å². The van der Waals surface area contributed by atoms with E-state index in [1.807, 2.05) is 14.1 Å². The van der Waals surface area contributed by atoms with E-state index >= 15 is 0 Å². The molecule has 0 aliphatic heterocycles. The van der Waals surface area contributed by atoms with Crippen molar-refractivity contribution in [2.75, 3.05) is 20.6 Å². The molecule has 0 spiro atoms. The quantitative estimate of drug-likeness (QED) is 0.895. The van der Waals surface area contributed by atoms with E-state index in [-0.39, 0.29) is 10.9 Å². The van der Waals surface area contributed by atoms with Crippen LogP contribution in [0.25, 0.3) is 0 Å². The Kier molecular flexibility index (Phi) is 5.06. The summed E-state index contributed by atoms with van der Waals surface area (Å²) < 4.78 is 33.1. The lowest BCUT2D eigenvalue weighted by atomic mass is 9.85. The minimum absolute atomic E-state index is 0.0140. The van der Waals surface area contributed by atoms with Gasteiger partial charge in [-0.15, -0.1) is 0 Å². The van der Waals surface area contributed by atoms with E-state index in [2.05, 4.69) is 14.8 Å². The van der Waals surface area contributed by atoms with Gasteiger partial charge in [0.25, 0.3) is 0 Å². The van der Waals surface area contributed by atoms with Crippen molar-refractivity contribution in [1.29, 1.82) is 0 Å². The normalized spacial score (nSPS) is 23.7.